The van der Waals surface area contributed by atoms with E-state index in [1.165, 1.54) is 11.8 Å². The van der Waals surface area contributed by atoms with Crippen LogP contribution in [0.15, 0.2) is 45.2 Å². The first-order valence-corrected chi connectivity index (χ1v) is 6.54. The van der Waals surface area contributed by atoms with Gasteiger partial charge in [0.15, 0.2) is 4.34 Å². The van der Waals surface area contributed by atoms with Gasteiger partial charge in [0, 0.05) is 10.9 Å². The van der Waals surface area contributed by atoms with Crippen molar-refractivity contribution in [2.45, 2.75) is 9.50 Å². The Bertz CT molecular complexity index is 590. The van der Waals surface area contributed by atoms with Crippen LogP contribution in [0.5, 0.6) is 0 Å². The van der Waals surface area contributed by atoms with Gasteiger partial charge in [-0.2, -0.15) is 0 Å². The zero-order chi connectivity index (χ0) is 11.5. The summed E-state index contributed by atoms with van der Waals surface area (Å²) in [7, 11) is 0. The zero-order valence-corrected chi connectivity index (χ0v) is 10.2. The molecule has 0 spiro atoms. The van der Waals surface area contributed by atoms with E-state index in [9.17, 15) is 0 Å². The predicted octanol–water partition coefficient (Wildman–Crippen LogP) is 2.47. The molecular weight excluding hydrogens is 254 g/mol. The molecule has 3 aromatic rings. The van der Waals surface area contributed by atoms with Gasteiger partial charge >= 0.3 is 0 Å². The Morgan fingerprint density at radius 3 is 2.82 bits per heavy atom. The Balaban J connectivity index is 1.84. The highest BCUT2D eigenvalue weighted by Crippen LogP contribution is 2.30. The minimum Gasteiger partial charge on any atom is -0.233 e. The van der Waals surface area contributed by atoms with Crippen molar-refractivity contribution in [3.8, 4) is 11.3 Å². The van der Waals surface area contributed by atoms with E-state index in [1.54, 1.807) is 11.3 Å². The maximum absolute atomic E-state index is 4.52. The monoisotopic (exact) mass is 261 g/mol. The molecular formula is C10H7N5S2. The van der Waals surface area contributed by atoms with Gasteiger partial charge in [0.25, 0.3) is 0 Å². The number of aromatic nitrogens is 5. The quantitative estimate of drug-likeness (QED) is 0.784. The van der Waals surface area contributed by atoms with E-state index in [2.05, 4.69) is 25.6 Å². The second kappa shape index (κ2) is 4.64. The molecule has 0 aliphatic rings. The lowest BCUT2D eigenvalue weighted by atomic mass is 10.2. The van der Waals surface area contributed by atoms with Gasteiger partial charge < -0.3 is 0 Å². The van der Waals surface area contributed by atoms with Crippen molar-refractivity contribution in [3.63, 3.8) is 0 Å². The summed E-state index contributed by atoms with van der Waals surface area (Å²) in [5.41, 5.74) is 2.09. The summed E-state index contributed by atoms with van der Waals surface area (Å²) in [6.45, 7) is 0. The number of thiazole rings is 1. The van der Waals surface area contributed by atoms with Crippen LogP contribution in [-0.2, 0) is 0 Å². The highest BCUT2D eigenvalue weighted by Gasteiger charge is 2.07. The third-order valence-electron chi connectivity index (χ3n) is 2.06. The van der Waals surface area contributed by atoms with Crippen LogP contribution in [0.4, 0.5) is 0 Å². The fourth-order valence-electron chi connectivity index (χ4n) is 1.32. The molecule has 0 radical (unpaired) electrons. The number of nitrogens with one attached hydrogen (secondary N) is 1. The van der Waals surface area contributed by atoms with Crippen molar-refractivity contribution in [1.82, 2.24) is 25.6 Å². The van der Waals surface area contributed by atoms with Crippen molar-refractivity contribution in [3.05, 3.63) is 35.7 Å². The van der Waals surface area contributed by atoms with Gasteiger partial charge in [-0.05, 0) is 22.2 Å². The lowest BCUT2D eigenvalue weighted by molar-refractivity contribution is 0.881. The Morgan fingerprint density at radius 1 is 1.18 bits per heavy atom. The van der Waals surface area contributed by atoms with Crippen LogP contribution in [0, 0.1) is 0 Å². The summed E-state index contributed by atoms with van der Waals surface area (Å²) in [5.74, 6) is 0. The average Bonchev–Trinajstić information content (AvgIpc) is 3.02. The van der Waals surface area contributed by atoms with E-state index < -0.39 is 0 Å². The van der Waals surface area contributed by atoms with Crippen molar-refractivity contribution in [1.29, 1.82) is 0 Å². The number of H-pyrrole nitrogens is 1. The van der Waals surface area contributed by atoms with Crippen molar-refractivity contribution in [2.24, 2.45) is 0 Å². The molecule has 1 N–H and O–H groups in total. The average molecular weight is 261 g/mol. The molecule has 5 nitrogen and oxygen atoms in total. The standard InChI is InChI=1S/C10H7N5S2/c1-2-4-7(5-3-1)8-6-16-10(11-8)17-9-12-14-15-13-9/h1-6H,(H,12,13,14,15). The number of hydrogen-bond acceptors (Lipinski definition) is 6. The Labute approximate surface area is 105 Å². The predicted molar refractivity (Wildman–Crippen MR) is 65.9 cm³/mol. The smallest absolute Gasteiger partial charge is 0.213 e. The minimum absolute atomic E-state index is 0.652. The maximum atomic E-state index is 4.52. The molecule has 84 valence electrons. The van der Waals surface area contributed by atoms with Crippen LogP contribution in [0.3, 0.4) is 0 Å². The van der Waals surface area contributed by atoms with E-state index in [-0.39, 0.29) is 0 Å². The largest absolute Gasteiger partial charge is 0.233 e. The molecule has 0 aliphatic carbocycles. The molecule has 0 aliphatic heterocycles. The van der Waals surface area contributed by atoms with Crippen LogP contribution in [0.1, 0.15) is 0 Å². The van der Waals surface area contributed by atoms with Gasteiger partial charge in [0.05, 0.1) is 5.69 Å². The summed E-state index contributed by atoms with van der Waals surface area (Å²) in [5, 5.41) is 16.2. The highest BCUT2D eigenvalue weighted by atomic mass is 32.2. The highest BCUT2D eigenvalue weighted by molar-refractivity contribution is 8.00. The Kier molecular flexibility index (Phi) is 2.85. The molecule has 3 rings (SSSR count). The first kappa shape index (κ1) is 10.4. The molecule has 7 heteroatoms. The van der Waals surface area contributed by atoms with E-state index >= 15 is 0 Å². The molecule has 1 aromatic carbocycles. The molecule has 2 aromatic heterocycles. The first-order chi connectivity index (χ1) is 8.42. The van der Waals surface area contributed by atoms with Crippen molar-refractivity contribution in [2.75, 3.05) is 0 Å². The first-order valence-electron chi connectivity index (χ1n) is 4.84. The second-order valence-electron chi connectivity index (χ2n) is 3.17. The Hall–Kier alpha value is -1.73. The van der Waals surface area contributed by atoms with Crippen LogP contribution >= 0.6 is 23.1 Å². The molecule has 0 fully saturated rings. The summed E-state index contributed by atoms with van der Waals surface area (Å²) < 4.78 is 0.919. The zero-order valence-electron chi connectivity index (χ0n) is 8.57. The molecule has 0 bridgehead atoms. The van der Waals surface area contributed by atoms with Crippen molar-refractivity contribution < 1.29 is 0 Å². The number of rotatable bonds is 3. The minimum atomic E-state index is 0.652. The molecule has 17 heavy (non-hydrogen) atoms. The summed E-state index contributed by atoms with van der Waals surface area (Å²) in [4.78, 5) is 4.52. The molecule has 0 saturated carbocycles. The molecule has 0 unspecified atom stereocenters. The summed E-state index contributed by atoms with van der Waals surface area (Å²) >= 11 is 3.00. The number of tetrazole rings is 1. The fourth-order valence-corrected chi connectivity index (χ4v) is 2.92. The summed E-state index contributed by atoms with van der Waals surface area (Å²) in [6.07, 6.45) is 0. The van der Waals surface area contributed by atoms with E-state index in [0.717, 1.165) is 15.6 Å². The Morgan fingerprint density at radius 2 is 2.06 bits per heavy atom. The van der Waals surface area contributed by atoms with Crippen LogP contribution < -0.4 is 0 Å². The molecule has 0 amide bonds. The fraction of sp³-hybridized carbons (Fsp3) is 0. The van der Waals surface area contributed by atoms with Gasteiger partial charge in [-0.1, -0.05) is 30.3 Å². The third-order valence-corrected chi connectivity index (χ3v) is 3.87. The lowest BCUT2D eigenvalue weighted by Gasteiger charge is -1.93. The number of nitrogens with zero attached hydrogens (tertiary/aromatic N) is 4. The van der Waals surface area contributed by atoms with E-state index in [4.69, 9.17) is 0 Å². The van der Waals surface area contributed by atoms with Crippen LogP contribution in [-0.4, -0.2) is 25.6 Å². The van der Waals surface area contributed by atoms with Gasteiger partial charge in [0.1, 0.15) is 0 Å². The van der Waals surface area contributed by atoms with Gasteiger partial charge in [-0.25, -0.2) is 10.1 Å². The van der Waals surface area contributed by atoms with E-state index in [0.29, 0.717) is 5.16 Å². The van der Waals surface area contributed by atoms with Crippen LogP contribution in [0.2, 0.25) is 0 Å². The SMILES string of the molecule is c1ccc(-c2csc(Sc3nnn[nH]3)n2)cc1. The number of hydrogen-bond donors (Lipinski definition) is 1. The van der Waals surface area contributed by atoms with Gasteiger partial charge in [-0.3, -0.25) is 0 Å². The van der Waals surface area contributed by atoms with Gasteiger partial charge in [-0.15, -0.1) is 16.4 Å². The molecule has 0 saturated heterocycles. The van der Waals surface area contributed by atoms with E-state index in [1.807, 2.05) is 35.7 Å². The second-order valence-corrected chi connectivity index (χ2v) is 5.27. The number of aromatic amines is 1. The molecule has 0 atom stereocenters. The number of benzene rings is 1. The maximum Gasteiger partial charge on any atom is 0.213 e. The third kappa shape index (κ3) is 2.34. The van der Waals surface area contributed by atoms with Crippen LogP contribution in [0.25, 0.3) is 11.3 Å². The molecule has 2 heterocycles. The summed E-state index contributed by atoms with van der Waals surface area (Å²) in [6, 6.07) is 10.1. The van der Waals surface area contributed by atoms with Crippen molar-refractivity contribution >= 4 is 23.1 Å². The normalized spacial score (nSPS) is 10.6. The van der Waals surface area contributed by atoms with Gasteiger partial charge in [0.2, 0.25) is 5.16 Å². The topological polar surface area (TPSA) is 67.3 Å². The lowest BCUT2D eigenvalue weighted by Crippen LogP contribution is -1.78.